The average molecular weight is 286 g/mol. The van der Waals surface area contributed by atoms with Crippen molar-refractivity contribution in [2.24, 2.45) is 0 Å². The second kappa shape index (κ2) is 7.40. The summed E-state index contributed by atoms with van der Waals surface area (Å²) in [4.78, 5) is 15.2. The van der Waals surface area contributed by atoms with Gasteiger partial charge in [-0.15, -0.1) is 0 Å². The lowest BCUT2D eigenvalue weighted by Crippen LogP contribution is -2.04. The van der Waals surface area contributed by atoms with Gasteiger partial charge in [-0.2, -0.15) is 0 Å². The Morgan fingerprint density at radius 2 is 2.14 bits per heavy atom. The molecule has 110 valence electrons. The molecule has 0 aliphatic heterocycles. The fourth-order valence-electron chi connectivity index (χ4n) is 1.95. The first-order valence-electron chi connectivity index (χ1n) is 6.69. The molecular weight excluding hydrogens is 268 g/mol. The Hall–Kier alpha value is -2.40. The van der Waals surface area contributed by atoms with Crippen molar-refractivity contribution in [1.29, 1.82) is 0 Å². The molecular formula is C16H18N2O3. The number of aromatic nitrogens is 1. The van der Waals surface area contributed by atoms with Crippen molar-refractivity contribution in [3.63, 3.8) is 0 Å². The van der Waals surface area contributed by atoms with Gasteiger partial charge >= 0.3 is 5.97 Å². The lowest BCUT2D eigenvalue weighted by molar-refractivity contribution is 0.0697. The quantitative estimate of drug-likeness (QED) is 0.818. The van der Waals surface area contributed by atoms with Gasteiger partial charge in [-0.05, 0) is 41.8 Å². The number of pyridine rings is 1. The van der Waals surface area contributed by atoms with Gasteiger partial charge in [0.25, 0.3) is 0 Å². The van der Waals surface area contributed by atoms with E-state index in [2.05, 4.69) is 10.3 Å². The van der Waals surface area contributed by atoms with Crippen LogP contribution < -0.4 is 5.32 Å². The van der Waals surface area contributed by atoms with Crippen LogP contribution in [0.1, 0.15) is 21.5 Å². The molecule has 0 aliphatic carbocycles. The number of carbonyl (C=O) groups is 1. The first-order chi connectivity index (χ1) is 10.2. The summed E-state index contributed by atoms with van der Waals surface area (Å²) >= 11 is 0. The molecule has 0 fully saturated rings. The maximum Gasteiger partial charge on any atom is 0.335 e. The van der Waals surface area contributed by atoms with E-state index >= 15 is 0 Å². The summed E-state index contributed by atoms with van der Waals surface area (Å²) in [5.74, 6) is -0.152. The minimum Gasteiger partial charge on any atom is -0.478 e. The Morgan fingerprint density at radius 1 is 1.29 bits per heavy atom. The summed E-state index contributed by atoms with van der Waals surface area (Å²) in [6.07, 6.45) is 2.59. The maximum absolute atomic E-state index is 10.9. The fraction of sp³-hybridized carbons (Fsp3) is 0.250. The molecule has 1 aromatic carbocycles. The minimum atomic E-state index is -0.920. The number of aromatic carboxylic acids is 1. The molecule has 0 atom stereocenters. The van der Waals surface area contributed by atoms with Gasteiger partial charge in [0.2, 0.25) is 0 Å². The maximum atomic E-state index is 10.9. The lowest BCUT2D eigenvalue weighted by atomic mass is 10.1. The van der Waals surface area contributed by atoms with E-state index in [0.717, 1.165) is 23.4 Å². The molecule has 0 spiro atoms. The normalized spacial score (nSPS) is 10.3. The average Bonchev–Trinajstić information content (AvgIpc) is 2.51. The lowest BCUT2D eigenvalue weighted by Gasteiger charge is -2.08. The molecule has 0 amide bonds. The summed E-state index contributed by atoms with van der Waals surface area (Å²) in [5.41, 5.74) is 2.34. The predicted molar refractivity (Wildman–Crippen MR) is 80.5 cm³/mol. The van der Waals surface area contributed by atoms with Gasteiger partial charge in [0.1, 0.15) is 5.82 Å². The number of ether oxygens (including phenoxy) is 1. The minimum absolute atomic E-state index is 0.288. The van der Waals surface area contributed by atoms with E-state index in [0.29, 0.717) is 13.2 Å². The zero-order valence-corrected chi connectivity index (χ0v) is 11.9. The topological polar surface area (TPSA) is 71.5 Å². The molecule has 1 heterocycles. The number of benzene rings is 1. The monoisotopic (exact) mass is 286 g/mol. The molecule has 2 rings (SSSR count). The number of hydrogen-bond donors (Lipinski definition) is 2. The Balaban J connectivity index is 1.99. The van der Waals surface area contributed by atoms with Gasteiger partial charge in [-0.25, -0.2) is 9.78 Å². The first-order valence-corrected chi connectivity index (χ1v) is 6.69. The van der Waals surface area contributed by atoms with Crippen molar-refractivity contribution in [3.8, 4) is 0 Å². The molecule has 0 bridgehead atoms. The number of nitrogens with zero attached hydrogens (tertiary/aromatic N) is 1. The van der Waals surface area contributed by atoms with Gasteiger partial charge in [0, 0.05) is 19.9 Å². The molecule has 2 N–H and O–H groups in total. The van der Waals surface area contributed by atoms with Gasteiger partial charge in [-0.1, -0.05) is 12.1 Å². The zero-order chi connectivity index (χ0) is 15.1. The first kappa shape index (κ1) is 15.0. The second-order valence-electron chi connectivity index (χ2n) is 4.65. The molecule has 1 aromatic heterocycles. The molecule has 0 saturated carbocycles. The SMILES string of the molecule is COCCc1ccnc(NCc2cccc(C(=O)O)c2)c1. The van der Waals surface area contributed by atoms with Crippen molar-refractivity contribution >= 4 is 11.8 Å². The van der Waals surface area contributed by atoms with Crippen molar-refractivity contribution in [1.82, 2.24) is 4.98 Å². The van der Waals surface area contributed by atoms with Crippen LogP contribution in [0.25, 0.3) is 0 Å². The van der Waals surface area contributed by atoms with Crippen LogP contribution in [0.4, 0.5) is 5.82 Å². The number of rotatable bonds is 7. The van der Waals surface area contributed by atoms with Crippen LogP contribution in [0.2, 0.25) is 0 Å². The van der Waals surface area contributed by atoms with E-state index in [4.69, 9.17) is 9.84 Å². The van der Waals surface area contributed by atoms with Crippen LogP contribution in [-0.2, 0) is 17.7 Å². The van der Waals surface area contributed by atoms with Crippen LogP contribution in [-0.4, -0.2) is 29.8 Å². The van der Waals surface area contributed by atoms with E-state index in [1.54, 1.807) is 31.5 Å². The Bertz CT molecular complexity index is 614. The Labute approximate surface area is 123 Å². The largest absolute Gasteiger partial charge is 0.478 e. The van der Waals surface area contributed by atoms with Crippen molar-refractivity contribution in [3.05, 3.63) is 59.3 Å². The van der Waals surface area contributed by atoms with Crippen molar-refractivity contribution in [2.75, 3.05) is 19.0 Å². The van der Waals surface area contributed by atoms with Gasteiger partial charge < -0.3 is 15.2 Å². The van der Waals surface area contributed by atoms with Gasteiger partial charge in [0.15, 0.2) is 0 Å². The molecule has 5 nitrogen and oxygen atoms in total. The summed E-state index contributed by atoms with van der Waals surface area (Å²) in [7, 11) is 1.68. The number of nitrogens with one attached hydrogen (secondary N) is 1. The Morgan fingerprint density at radius 3 is 2.90 bits per heavy atom. The number of methoxy groups -OCH3 is 1. The van der Waals surface area contributed by atoms with Crippen LogP contribution >= 0.6 is 0 Å². The van der Waals surface area contributed by atoms with Crippen LogP contribution in [0.15, 0.2) is 42.6 Å². The highest BCUT2D eigenvalue weighted by atomic mass is 16.5. The molecule has 0 unspecified atom stereocenters. The van der Waals surface area contributed by atoms with Crippen LogP contribution in [0.5, 0.6) is 0 Å². The van der Waals surface area contributed by atoms with Gasteiger partial charge in [-0.3, -0.25) is 0 Å². The highest BCUT2D eigenvalue weighted by molar-refractivity contribution is 5.87. The molecule has 0 saturated heterocycles. The molecule has 5 heteroatoms. The van der Waals surface area contributed by atoms with E-state index < -0.39 is 5.97 Å². The van der Waals surface area contributed by atoms with E-state index in [9.17, 15) is 4.79 Å². The summed E-state index contributed by atoms with van der Waals surface area (Å²) in [6, 6.07) is 10.8. The smallest absolute Gasteiger partial charge is 0.335 e. The van der Waals surface area contributed by atoms with E-state index in [1.807, 2.05) is 18.2 Å². The predicted octanol–water partition coefficient (Wildman–Crippen LogP) is 2.58. The molecule has 2 aromatic rings. The number of carboxylic acids is 1. The summed E-state index contributed by atoms with van der Waals surface area (Å²) in [5, 5.41) is 12.2. The third-order valence-corrected chi connectivity index (χ3v) is 3.07. The molecule has 0 aliphatic rings. The molecule has 0 radical (unpaired) electrons. The van der Waals surface area contributed by atoms with E-state index in [-0.39, 0.29) is 5.56 Å². The van der Waals surface area contributed by atoms with Crippen LogP contribution in [0, 0.1) is 0 Å². The van der Waals surface area contributed by atoms with Crippen molar-refractivity contribution in [2.45, 2.75) is 13.0 Å². The second-order valence-corrected chi connectivity index (χ2v) is 4.65. The standard InChI is InChI=1S/C16H18N2O3/c1-21-8-6-12-5-7-17-15(10-12)18-11-13-3-2-4-14(9-13)16(19)20/h2-5,7,9-10H,6,8,11H2,1H3,(H,17,18)(H,19,20). The number of carboxylic acid groups (broad SMARTS) is 1. The zero-order valence-electron chi connectivity index (χ0n) is 11.9. The third kappa shape index (κ3) is 4.57. The number of hydrogen-bond acceptors (Lipinski definition) is 4. The third-order valence-electron chi connectivity index (χ3n) is 3.07. The highest BCUT2D eigenvalue weighted by Crippen LogP contribution is 2.11. The summed E-state index contributed by atoms with van der Waals surface area (Å²) < 4.78 is 5.05. The molecule has 21 heavy (non-hydrogen) atoms. The fourth-order valence-corrected chi connectivity index (χ4v) is 1.95. The highest BCUT2D eigenvalue weighted by Gasteiger charge is 2.03. The summed E-state index contributed by atoms with van der Waals surface area (Å²) in [6.45, 7) is 1.20. The van der Waals surface area contributed by atoms with Crippen molar-refractivity contribution < 1.29 is 14.6 Å². The van der Waals surface area contributed by atoms with Crippen LogP contribution in [0.3, 0.4) is 0 Å². The Kier molecular flexibility index (Phi) is 5.29. The van der Waals surface area contributed by atoms with E-state index in [1.165, 1.54) is 0 Å². The number of anilines is 1. The van der Waals surface area contributed by atoms with Gasteiger partial charge in [0.05, 0.1) is 12.2 Å².